The summed E-state index contributed by atoms with van der Waals surface area (Å²) in [6.07, 6.45) is 2.40. The zero-order valence-corrected chi connectivity index (χ0v) is 13.8. The molecule has 3 rings (SSSR count). The lowest BCUT2D eigenvalue weighted by Gasteiger charge is -2.16. The molecule has 0 aromatic heterocycles. The van der Waals surface area contributed by atoms with Crippen LogP contribution in [0.2, 0.25) is 0 Å². The average Bonchev–Trinajstić information content (AvgIpc) is 3.03. The summed E-state index contributed by atoms with van der Waals surface area (Å²) >= 11 is 0. The van der Waals surface area contributed by atoms with Crippen molar-refractivity contribution in [2.75, 3.05) is 33.4 Å². The Hall–Kier alpha value is -2.00. The molecule has 1 unspecified atom stereocenters. The minimum atomic E-state index is 0.735. The molecule has 122 valence electrons. The van der Waals surface area contributed by atoms with Gasteiger partial charge < -0.3 is 9.47 Å². The Bertz CT molecular complexity index is 600. The summed E-state index contributed by atoms with van der Waals surface area (Å²) in [5.74, 6) is 2.65. The number of rotatable bonds is 7. The van der Waals surface area contributed by atoms with Crippen molar-refractivity contribution >= 4 is 0 Å². The molecule has 1 atom stereocenters. The van der Waals surface area contributed by atoms with E-state index >= 15 is 0 Å². The Kier molecular flexibility index (Phi) is 5.54. The fourth-order valence-electron chi connectivity index (χ4n) is 3.22. The zero-order chi connectivity index (χ0) is 15.9. The van der Waals surface area contributed by atoms with Gasteiger partial charge in [-0.2, -0.15) is 0 Å². The van der Waals surface area contributed by atoms with Gasteiger partial charge in [0.25, 0.3) is 0 Å². The molecule has 1 aliphatic rings. The van der Waals surface area contributed by atoms with Crippen molar-refractivity contribution in [1.82, 2.24) is 4.90 Å². The third-order valence-corrected chi connectivity index (χ3v) is 4.45. The van der Waals surface area contributed by atoms with E-state index in [0.29, 0.717) is 0 Å². The van der Waals surface area contributed by atoms with Crippen LogP contribution < -0.4 is 9.47 Å². The number of para-hydroxylation sites is 1. The van der Waals surface area contributed by atoms with Crippen LogP contribution in [0.4, 0.5) is 0 Å². The Morgan fingerprint density at radius 2 is 1.87 bits per heavy atom. The van der Waals surface area contributed by atoms with E-state index in [-0.39, 0.29) is 0 Å². The van der Waals surface area contributed by atoms with E-state index in [1.165, 1.54) is 18.5 Å². The van der Waals surface area contributed by atoms with Gasteiger partial charge in [0, 0.05) is 13.1 Å². The number of nitrogens with zero attached hydrogens (tertiary/aromatic N) is 1. The highest BCUT2D eigenvalue weighted by atomic mass is 16.5. The van der Waals surface area contributed by atoms with E-state index in [0.717, 1.165) is 43.5 Å². The minimum Gasteiger partial charge on any atom is -0.497 e. The van der Waals surface area contributed by atoms with Crippen molar-refractivity contribution in [3.05, 3.63) is 60.2 Å². The van der Waals surface area contributed by atoms with Gasteiger partial charge in [-0.15, -0.1) is 0 Å². The minimum absolute atomic E-state index is 0.735. The van der Waals surface area contributed by atoms with E-state index in [2.05, 4.69) is 23.1 Å². The molecule has 23 heavy (non-hydrogen) atoms. The summed E-state index contributed by atoms with van der Waals surface area (Å²) < 4.78 is 11.1. The van der Waals surface area contributed by atoms with Gasteiger partial charge in [0.2, 0.25) is 0 Å². The molecule has 0 saturated carbocycles. The molecule has 0 N–H and O–H groups in total. The van der Waals surface area contributed by atoms with Gasteiger partial charge in [-0.3, -0.25) is 4.90 Å². The summed E-state index contributed by atoms with van der Waals surface area (Å²) in [6, 6.07) is 18.5. The number of benzene rings is 2. The highest BCUT2D eigenvalue weighted by Gasteiger charge is 2.22. The number of hydrogen-bond acceptors (Lipinski definition) is 3. The maximum Gasteiger partial charge on any atom is 0.119 e. The van der Waals surface area contributed by atoms with E-state index in [1.54, 1.807) is 7.11 Å². The van der Waals surface area contributed by atoms with Crippen molar-refractivity contribution < 1.29 is 9.47 Å². The van der Waals surface area contributed by atoms with Crippen LogP contribution in [0.15, 0.2) is 54.6 Å². The molecule has 2 aromatic carbocycles. The van der Waals surface area contributed by atoms with Crippen molar-refractivity contribution in [3.8, 4) is 11.5 Å². The largest absolute Gasteiger partial charge is 0.497 e. The van der Waals surface area contributed by atoms with Gasteiger partial charge in [-0.05, 0) is 55.1 Å². The molecule has 1 aliphatic heterocycles. The molecule has 1 heterocycles. The van der Waals surface area contributed by atoms with Gasteiger partial charge in [-0.25, -0.2) is 0 Å². The Labute approximate surface area is 138 Å². The second kappa shape index (κ2) is 8.02. The highest BCUT2D eigenvalue weighted by molar-refractivity contribution is 5.28. The lowest BCUT2D eigenvalue weighted by Crippen LogP contribution is -2.26. The standard InChI is InChI=1S/C20H25NO2/c1-22-20-9-5-6-17(15-20)14-18-10-11-21(16-18)12-13-23-19-7-3-2-4-8-19/h2-9,15,18H,10-14,16H2,1H3. The molecule has 3 heteroatoms. The maximum atomic E-state index is 5.79. The second-order valence-corrected chi connectivity index (χ2v) is 6.17. The van der Waals surface area contributed by atoms with Crippen molar-refractivity contribution in [2.24, 2.45) is 5.92 Å². The molecule has 0 radical (unpaired) electrons. The molecule has 0 aliphatic carbocycles. The summed E-state index contributed by atoms with van der Waals surface area (Å²) in [7, 11) is 1.73. The van der Waals surface area contributed by atoms with Gasteiger partial charge >= 0.3 is 0 Å². The average molecular weight is 311 g/mol. The first-order valence-electron chi connectivity index (χ1n) is 8.36. The summed E-state index contributed by atoms with van der Waals surface area (Å²) in [5.41, 5.74) is 1.37. The summed E-state index contributed by atoms with van der Waals surface area (Å²) in [4.78, 5) is 2.51. The summed E-state index contributed by atoms with van der Waals surface area (Å²) in [5, 5.41) is 0. The number of likely N-dealkylation sites (tertiary alicyclic amines) is 1. The Morgan fingerprint density at radius 1 is 1.04 bits per heavy atom. The Morgan fingerprint density at radius 3 is 2.70 bits per heavy atom. The monoisotopic (exact) mass is 311 g/mol. The first-order valence-corrected chi connectivity index (χ1v) is 8.36. The van der Waals surface area contributed by atoms with Crippen molar-refractivity contribution in [1.29, 1.82) is 0 Å². The van der Waals surface area contributed by atoms with Crippen LogP contribution in [-0.4, -0.2) is 38.3 Å². The second-order valence-electron chi connectivity index (χ2n) is 6.17. The molecule has 0 amide bonds. The molecule has 2 aromatic rings. The van der Waals surface area contributed by atoms with Crippen LogP contribution in [0.1, 0.15) is 12.0 Å². The first kappa shape index (κ1) is 15.9. The molecular weight excluding hydrogens is 286 g/mol. The van der Waals surface area contributed by atoms with Gasteiger partial charge in [0.15, 0.2) is 0 Å². The van der Waals surface area contributed by atoms with Crippen LogP contribution in [-0.2, 0) is 6.42 Å². The van der Waals surface area contributed by atoms with Crippen LogP contribution in [0.25, 0.3) is 0 Å². The first-order chi connectivity index (χ1) is 11.3. The van der Waals surface area contributed by atoms with E-state index in [4.69, 9.17) is 9.47 Å². The number of methoxy groups -OCH3 is 1. The van der Waals surface area contributed by atoms with E-state index in [1.807, 2.05) is 36.4 Å². The van der Waals surface area contributed by atoms with Gasteiger partial charge in [0.1, 0.15) is 18.1 Å². The molecule has 1 fully saturated rings. The van der Waals surface area contributed by atoms with Gasteiger partial charge in [0.05, 0.1) is 7.11 Å². The third-order valence-electron chi connectivity index (χ3n) is 4.45. The van der Waals surface area contributed by atoms with E-state index in [9.17, 15) is 0 Å². The molecule has 0 spiro atoms. The molecule has 3 nitrogen and oxygen atoms in total. The van der Waals surface area contributed by atoms with Crippen LogP contribution >= 0.6 is 0 Å². The fraction of sp³-hybridized carbons (Fsp3) is 0.400. The predicted molar refractivity (Wildman–Crippen MR) is 93.2 cm³/mol. The number of hydrogen-bond donors (Lipinski definition) is 0. The van der Waals surface area contributed by atoms with Gasteiger partial charge in [-0.1, -0.05) is 30.3 Å². The highest BCUT2D eigenvalue weighted by Crippen LogP contribution is 2.22. The Balaban J connectivity index is 1.41. The summed E-state index contributed by atoms with van der Waals surface area (Å²) in [6.45, 7) is 4.10. The molecule has 0 bridgehead atoms. The lowest BCUT2D eigenvalue weighted by molar-refractivity contribution is 0.232. The fourth-order valence-corrected chi connectivity index (χ4v) is 3.22. The van der Waals surface area contributed by atoms with Crippen LogP contribution in [0, 0.1) is 5.92 Å². The van der Waals surface area contributed by atoms with Crippen molar-refractivity contribution in [2.45, 2.75) is 12.8 Å². The topological polar surface area (TPSA) is 21.7 Å². The van der Waals surface area contributed by atoms with Crippen molar-refractivity contribution in [3.63, 3.8) is 0 Å². The van der Waals surface area contributed by atoms with Crippen LogP contribution in [0.5, 0.6) is 11.5 Å². The number of ether oxygens (including phenoxy) is 2. The third kappa shape index (κ3) is 4.73. The maximum absolute atomic E-state index is 5.79. The van der Waals surface area contributed by atoms with Crippen LogP contribution in [0.3, 0.4) is 0 Å². The quantitative estimate of drug-likeness (QED) is 0.779. The molecule has 1 saturated heterocycles. The molecular formula is C20H25NO2. The predicted octanol–water partition coefficient (Wildman–Crippen LogP) is 3.64. The normalized spacial score (nSPS) is 18.0. The smallest absolute Gasteiger partial charge is 0.119 e. The lowest BCUT2D eigenvalue weighted by atomic mass is 9.98. The zero-order valence-electron chi connectivity index (χ0n) is 13.8. The van der Waals surface area contributed by atoms with E-state index < -0.39 is 0 Å². The SMILES string of the molecule is COc1cccc(CC2CCN(CCOc3ccccc3)C2)c1.